The molecule has 0 heterocycles. The maximum atomic E-state index is 11.3. The molecule has 34 heavy (non-hydrogen) atoms. The van der Waals surface area contributed by atoms with Crippen LogP contribution in [0.25, 0.3) is 0 Å². The minimum absolute atomic E-state index is 0.0138. The Hall–Kier alpha value is 0.0300. The zero-order valence-electron chi connectivity index (χ0n) is 22.7. The van der Waals surface area contributed by atoms with E-state index in [1.54, 1.807) is 0 Å². The summed E-state index contributed by atoms with van der Waals surface area (Å²) in [5.41, 5.74) is 5.11. The molecule has 0 aromatic carbocycles. The third-order valence-electron chi connectivity index (χ3n) is 6.24. The summed E-state index contributed by atoms with van der Waals surface area (Å²) in [5, 5.41) is 0. The molecular weight excluding hydrogens is 449 g/mol. The van der Waals surface area contributed by atoms with Gasteiger partial charge in [0.05, 0.1) is 13.2 Å². The summed E-state index contributed by atoms with van der Waals surface area (Å²) in [6, 6.07) is 0. The average molecular weight is 508 g/mol. The highest BCUT2D eigenvalue weighted by Gasteiger charge is 2.17. The SMILES string of the molecule is CCCCCCCCCCCCOC[C@H](COP(N)(=O)O)OCCCCCCCCCCCC. The summed E-state index contributed by atoms with van der Waals surface area (Å²) in [7, 11) is -3.99. The summed E-state index contributed by atoms with van der Waals surface area (Å²) >= 11 is 0. The first-order valence-electron chi connectivity index (χ1n) is 14.4. The highest BCUT2D eigenvalue weighted by Crippen LogP contribution is 2.31. The quantitative estimate of drug-likeness (QED) is 0.0817. The van der Waals surface area contributed by atoms with E-state index in [-0.39, 0.29) is 12.7 Å². The molecule has 0 aliphatic rings. The molecule has 6 nitrogen and oxygen atoms in total. The van der Waals surface area contributed by atoms with Gasteiger partial charge in [-0.15, -0.1) is 0 Å². The molecule has 0 saturated carbocycles. The monoisotopic (exact) mass is 507 g/mol. The second-order valence-electron chi connectivity index (χ2n) is 9.79. The third-order valence-corrected chi connectivity index (χ3v) is 6.76. The van der Waals surface area contributed by atoms with Crippen molar-refractivity contribution in [2.45, 2.75) is 148 Å². The van der Waals surface area contributed by atoms with Crippen molar-refractivity contribution in [1.82, 2.24) is 0 Å². The molecule has 0 bridgehead atoms. The van der Waals surface area contributed by atoms with Crippen molar-refractivity contribution in [3.63, 3.8) is 0 Å². The molecule has 0 saturated heterocycles. The Bertz CT molecular complexity index is 447. The van der Waals surface area contributed by atoms with E-state index in [0.717, 1.165) is 19.3 Å². The van der Waals surface area contributed by atoms with Gasteiger partial charge in [-0.2, -0.15) is 0 Å². The summed E-state index contributed by atoms with van der Waals surface area (Å²) in [6.45, 7) is 6.17. The Morgan fingerprint density at radius 1 is 0.618 bits per heavy atom. The van der Waals surface area contributed by atoms with Crippen LogP contribution in [0.4, 0.5) is 0 Å². The molecule has 206 valence electrons. The normalized spacial score (nSPS) is 14.4. The molecular formula is C27H58NO5P. The average Bonchev–Trinajstić information content (AvgIpc) is 2.80. The summed E-state index contributed by atoms with van der Waals surface area (Å²) in [6.07, 6.45) is 25.4. The van der Waals surface area contributed by atoms with E-state index in [2.05, 4.69) is 13.8 Å². The smallest absolute Gasteiger partial charge is 0.379 e. The van der Waals surface area contributed by atoms with Gasteiger partial charge in [0.15, 0.2) is 0 Å². The second-order valence-corrected chi connectivity index (χ2v) is 11.2. The fraction of sp³-hybridized carbons (Fsp3) is 1.00. The van der Waals surface area contributed by atoms with E-state index in [0.29, 0.717) is 19.8 Å². The lowest BCUT2D eigenvalue weighted by Crippen LogP contribution is -2.26. The minimum Gasteiger partial charge on any atom is -0.379 e. The predicted octanol–water partition coefficient (Wildman–Crippen LogP) is 8.31. The zero-order valence-corrected chi connectivity index (χ0v) is 23.5. The van der Waals surface area contributed by atoms with Crippen LogP contribution in [0.15, 0.2) is 0 Å². The van der Waals surface area contributed by atoms with Crippen molar-refractivity contribution in [3.8, 4) is 0 Å². The number of hydrogen-bond donors (Lipinski definition) is 2. The van der Waals surface area contributed by atoms with Crippen LogP contribution in [0.2, 0.25) is 0 Å². The number of unbranched alkanes of at least 4 members (excludes halogenated alkanes) is 18. The van der Waals surface area contributed by atoms with Crippen LogP contribution >= 0.6 is 7.75 Å². The van der Waals surface area contributed by atoms with Gasteiger partial charge in [-0.25, -0.2) is 10.1 Å². The first-order chi connectivity index (χ1) is 16.5. The number of hydrogen-bond acceptors (Lipinski definition) is 4. The molecule has 3 N–H and O–H groups in total. The van der Waals surface area contributed by atoms with E-state index in [1.807, 2.05) is 0 Å². The Morgan fingerprint density at radius 2 is 1.00 bits per heavy atom. The van der Waals surface area contributed by atoms with Crippen LogP contribution in [0.1, 0.15) is 142 Å². The van der Waals surface area contributed by atoms with Gasteiger partial charge in [0.25, 0.3) is 0 Å². The van der Waals surface area contributed by atoms with Gasteiger partial charge >= 0.3 is 7.75 Å². The Kier molecular flexibility index (Phi) is 26.1. The Balaban J connectivity index is 3.73. The van der Waals surface area contributed by atoms with Crippen molar-refractivity contribution in [1.29, 1.82) is 0 Å². The molecule has 0 rings (SSSR count). The molecule has 1 unspecified atom stereocenters. The van der Waals surface area contributed by atoms with Gasteiger partial charge in [-0.1, -0.05) is 129 Å². The van der Waals surface area contributed by atoms with E-state index < -0.39 is 7.75 Å². The molecule has 0 aromatic heterocycles. The highest BCUT2D eigenvalue weighted by molar-refractivity contribution is 7.50. The molecule has 0 aliphatic heterocycles. The minimum atomic E-state index is -3.99. The zero-order chi connectivity index (χ0) is 25.2. The van der Waals surface area contributed by atoms with Crippen LogP contribution in [0, 0.1) is 0 Å². The number of rotatable bonds is 28. The molecule has 2 atom stereocenters. The van der Waals surface area contributed by atoms with Gasteiger partial charge in [-0.3, -0.25) is 4.52 Å². The maximum absolute atomic E-state index is 11.3. The van der Waals surface area contributed by atoms with Crippen molar-refractivity contribution in [2.75, 3.05) is 26.4 Å². The van der Waals surface area contributed by atoms with Gasteiger partial charge in [-0.05, 0) is 12.8 Å². The fourth-order valence-corrected chi connectivity index (χ4v) is 4.46. The molecule has 0 aromatic rings. The molecule has 0 fully saturated rings. The topological polar surface area (TPSA) is 91.0 Å². The third kappa shape index (κ3) is 28.3. The van der Waals surface area contributed by atoms with Crippen molar-refractivity contribution >= 4 is 7.75 Å². The molecule has 7 heteroatoms. The Morgan fingerprint density at radius 3 is 1.41 bits per heavy atom. The lowest BCUT2D eigenvalue weighted by atomic mass is 10.1. The van der Waals surface area contributed by atoms with Crippen molar-refractivity contribution in [2.24, 2.45) is 5.50 Å². The molecule has 0 amide bonds. The Labute approximate surface area is 211 Å². The fourth-order valence-electron chi connectivity index (χ4n) is 4.08. The van der Waals surface area contributed by atoms with Crippen molar-refractivity contribution in [3.05, 3.63) is 0 Å². The molecule has 0 aliphatic carbocycles. The lowest BCUT2D eigenvalue weighted by Gasteiger charge is -2.19. The van der Waals surface area contributed by atoms with Crippen molar-refractivity contribution < 1.29 is 23.5 Å². The van der Waals surface area contributed by atoms with Gasteiger partial charge in [0.2, 0.25) is 0 Å². The first-order valence-corrected chi connectivity index (χ1v) is 16.1. The van der Waals surface area contributed by atoms with Crippen LogP contribution in [0.5, 0.6) is 0 Å². The van der Waals surface area contributed by atoms with Gasteiger partial charge in [0.1, 0.15) is 6.10 Å². The largest absolute Gasteiger partial charge is 0.400 e. The number of nitrogens with two attached hydrogens (primary N) is 1. The molecule has 0 spiro atoms. The highest BCUT2D eigenvalue weighted by atomic mass is 31.2. The first kappa shape index (κ1) is 34.0. The summed E-state index contributed by atoms with van der Waals surface area (Å²) in [5.74, 6) is 0. The summed E-state index contributed by atoms with van der Waals surface area (Å²) in [4.78, 5) is 9.21. The van der Waals surface area contributed by atoms with Crippen LogP contribution < -0.4 is 5.50 Å². The van der Waals surface area contributed by atoms with E-state index in [4.69, 9.17) is 19.5 Å². The van der Waals surface area contributed by atoms with Gasteiger partial charge < -0.3 is 14.4 Å². The van der Waals surface area contributed by atoms with E-state index in [9.17, 15) is 9.46 Å². The standard InChI is InChI=1S/C27H58NO5P/c1-3-5-7-9-11-13-15-17-19-21-23-31-25-27(26-33-34(28,29)30)32-24-22-20-18-16-14-12-10-8-6-4-2/h27H,3-26H2,1-2H3,(H3,28,29,30)/t27-/m1/s1. The number of ether oxygens (including phenoxy) is 2. The molecule has 0 radical (unpaired) electrons. The predicted molar refractivity (Wildman–Crippen MR) is 144 cm³/mol. The van der Waals surface area contributed by atoms with Gasteiger partial charge in [0, 0.05) is 13.2 Å². The van der Waals surface area contributed by atoms with E-state index in [1.165, 1.54) is 109 Å². The second kappa shape index (κ2) is 26.1. The van der Waals surface area contributed by atoms with Crippen LogP contribution in [-0.4, -0.2) is 37.4 Å². The lowest BCUT2D eigenvalue weighted by molar-refractivity contribution is -0.0403. The maximum Gasteiger partial charge on any atom is 0.400 e. The van der Waals surface area contributed by atoms with E-state index >= 15 is 0 Å². The van der Waals surface area contributed by atoms with Crippen LogP contribution in [0.3, 0.4) is 0 Å². The summed E-state index contributed by atoms with van der Waals surface area (Å²) < 4.78 is 27.8. The van der Waals surface area contributed by atoms with Crippen LogP contribution in [-0.2, 0) is 18.6 Å².